The molecular formula is C16H25FIN3S. The number of hydrogen-bond donors (Lipinski definition) is 2. The Hall–Kier alpha value is -0.500. The summed E-state index contributed by atoms with van der Waals surface area (Å²) in [7, 11) is 1.76. The minimum atomic E-state index is -0.160. The number of aryl methyl sites for hydroxylation is 1. The first-order chi connectivity index (χ1) is 10.0. The van der Waals surface area contributed by atoms with Gasteiger partial charge in [0.25, 0.3) is 0 Å². The van der Waals surface area contributed by atoms with Gasteiger partial charge in [-0.15, -0.1) is 24.0 Å². The van der Waals surface area contributed by atoms with Crippen molar-refractivity contribution in [1.82, 2.24) is 10.6 Å². The SMILES string of the molecule is CN=C(NCc1ccc(C)c(F)c1)NCC1(C)CCCS1.I. The molecule has 1 aliphatic heterocycles. The summed E-state index contributed by atoms with van der Waals surface area (Å²) in [5.41, 5.74) is 1.59. The van der Waals surface area contributed by atoms with Crippen LogP contribution in [0.3, 0.4) is 0 Å². The first-order valence-corrected chi connectivity index (χ1v) is 8.34. The molecule has 2 rings (SSSR count). The van der Waals surface area contributed by atoms with Crippen molar-refractivity contribution in [2.24, 2.45) is 4.99 Å². The Kier molecular flexibility index (Phi) is 7.96. The van der Waals surface area contributed by atoms with Crippen molar-refractivity contribution in [3.8, 4) is 0 Å². The second kappa shape index (κ2) is 8.96. The predicted octanol–water partition coefficient (Wildman–Crippen LogP) is 3.70. The van der Waals surface area contributed by atoms with E-state index in [9.17, 15) is 4.39 Å². The highest BCUT2D eigenvalue weighted by atomic mass is 127. The van der Waals surface area contributed by atoms with Crippen LogP contribution in [0.2, 0.25) is 0 Å². The highest BCUT2D eigenvalue weighted by Crippen LogP contribution is 2.36. The van der Waals surface area contributed by atoms with E-state index < -0.39 is 0 Å². The second-order valence-corrected chi connectivity index (χ2v) is 7.45. The Morgan fingerprint density at radius 2 is 2.18 bits per heavy atom. The molecule has 0 saturated carbocycles. The molecule has 1 saturated heterocycles. The molecule has 0 spiro atoms. The molecule has 3 nitrogen and oxygen atoms in total. The van der Waals surface area contributed by atoms with Crippen molar-refractivity contribution in [2.45, 2.75) is 38.0 Å². The fourth-order valence-electron chi connectivity index (χ4n) is 2.40. The molecule has 0 aliphatic carbocycles. The third-order valence-corrected chi connectivity index (χ3v) is 5.39. The van der Waals surface area contributed by atoms with Crippen LogP contribution in [0.1, 0.15) is 30.9 Å². The molecule has 1 fully saturated rings. The molecule has 1 atom stereocenters. The monoisotopic (exact) mass is 437 g/mol. The van der Waals surface area contributed by atoms with Gasteiger partial charge in [-0.1, -0.05) is 12.1 Å². The lowest BCUT2D eigenvalue weighted by Crippen LogP contribution is -2.43. The van der Waals surface area contributed by atoms with Gasteiger partial charge in [0.15, 0.2) is 5.96 Å². The number of thioether (sulfide) groups is 1. The van der Waals surface area contributed by atoms with E-state index in [1.807, 2.05) is 17.8 Å². The molecule has 0 radical (unpaired) electrons. The average Bonchev–Trinajstić information content (AvgIpc) is 2.90. The van der Waals surface area contributed by atoms with Crippen LogP contribution in [0.5, 0.6) is 0 Å². The molecule has 2 N–H and O–H groups in total. The van der Waals surface area contributed by atoms with Crippen molar-refractivity contribution in [3.05, 3.63) is 35.1 Å². The number of hydrogen-bond acceptors (Lipinski definition) is 2. The Morgan fingerprint density at radius 3 is 2.77 bits per heavy atom. The standard InChI is InChI=1S/C16H24FN3S.HI/c1-12-5-6-13(9-14(12)17)10-19-15(18-3)20-11-16(2)7-4-8-21-16;/h5-6,9H,4,7-8,10-11H2,1-3H3,(H2,18,19,20);1H. The van der Waals surface area contributed by atoms with Crippen molar-refractivity contribution in [1.29, 1.82) is 0 Å². The van der Waals surface area contributed by atoms with Gasteiger partial charge in [-0.3, -0.25) is 4.99 Å². The molecule has 1 unspecified atom stereocenters. The number of rotatable bonds is 4. The third-order valence-electron chi connectivity index (χ3n) is 3.85. The molecule has 1 aliphatic rings. The summed E-state index contributed by atoms with van der Waals surface area (Å²) >= 11 is 2.02. The van der Waals surface area contributed by atoms with Gasteiger partial charge in [0.2, 0.25) is 0 Å². The normalized spacial score (nSPS) is 21.4. The Bertz CT molecular complexity index is 516. The number of benzene rings is 1. The molecule has 1 heterocycles. The molecule has 6 heteroatoms. The molecular weight excluding hydrogens is 412 g/mol. The first kappa shape index (κ1) is 19.5. The molecule has 1 aromatic rings. The van der Waals surface area contributed by atoms with Gasteiger partial charge in [0, 0.05) is 24.9 Å². The van der Waals surface area contributed by atoms with Crippen LogP contribution in [0.15, 0.2) is 23.2 Å². The quantitative estimate of drug-likeness (QED) is 0.429. The predicted molar refractivity (Wildman–Crippen MR) is 105 cm³/mol. The lowest BCUT2D eigenvalue weighted by Gasteiger charge is -2.24. The van der Waals surface area contributed by atoms with Crippen molar-refractivity contribution in [2.75, 3.05) is 19.3 Å². The molecule has 22 heavy (non-hydrogen) atoms. The van der Waals surface area contributed by atoms with Gasteiger partial charge in [-0.25, -0.2) is 4.39 Å². The van der Waals surface area contributed by atoms with Gasteiger partial charge < -0.3 is 10.6 Å². The van der Waals surface area contributed by atoms with E-state index >= 15 is 0 Å². The maximum absolute atomic E-state index is 13.5. The van der Waals surface area contributed by atoms with Crippen LogP contribution < -0.4 is 10.6 Å². The minimum Gasteiger partial charge on any atom is -0.355 e. The summed E-state index contributed by atoms with van der Waals surface area (Å²) in [6.07, 6.45) is 2.53. The maximum Gasteiger partial charge on any atom is 0.191 e. The zero-order chi connectivity index (χ0) is 15.3. The summed E-state index contributed by atoms with van der Waals surface area (Å²) in [5.74, 6) is 1.85. The molecule has 0 bridgehead atoms. The van der Waals surface area contributed by atoms with Gasteiger partial charge in [-0.2, -0.15) is 11.8 Å². The Labute approximate surface area is 154 Å². The van der Waals surface area contributed by atoms with Crippen LogP contribution in [-0.2, 0) is 6.54 Å². The Balaban J connectivity index is 0.00000242. The van der Waals surface area contributed by atoms with E-state index in [4.69, 9.17) is 0 Å². The number of halogens is 2. The Morgan fingerprint density at radius 1 is 1.41 bits per heavy atom. The highest BCUT2D eigenvalue weighted by Gasteiger charge is 2.29. The fraction of sp³-hybridized carbons (Fsp3) is 0.562. The molecule has 0 amide bonds. The van der Waals surface area contributed by atoms with Crippen molar-refractivity contribution in [3.63, 3.8) is 0 Å². The second-order valence-electron chi connectivity index (χ2n) is 5.76. The molecule has 0 aromatic heterocycles. The average molecular weight is 437 g/mol. The van der Waals surface area contributed by atoms with E-state index in [1.54, 1.807) is 26.1 Å². The lowest BCUT2D eigenvalue weighted by atomic mass is 10.1. The number of aliphatic imine (C=N–C) groups is 1. The van der Waals surface area contributed by atoms with Crippen LogP contribution in [-0.4, -0.2) is 30.1 Å². The smallest absolute Gasteiger partial charge is 0.191 e. The van der Waals surface area contributed by atoms with Gasteiger partial charge in [-0.05, 0) is 49.6 Å². The minimum absolute atomic E-state index is 0. The van der Waals surface area contributed by atoms with Gasteiger partial charge in [0.05, 0.1) is 0 Å². The van der Waals surface area contributed by atoms with E-state index in [-0.39, 0.29) is 29.8 Å². The zero-order valence-corrected chi connectivity index (χ0v) is 16.6. The maximum atomic E-state index is 13.5. The van der Waals surface area contributed by atoms with Crippen LogP contribution >= 0.6 is 35.7 Å². The van der Waals surface area contributed by atoms with Gasteiger partial charge >= 0.3 is 0 Å². The largest absolute Gasteiger partial charge is 0.355 e. The number of nitrogens with zero attached hydrogens (tertiary/aromatic N) is 1. The zero-order valence-electron chi connectivity index (χ0n) is 13.4. The molecule has 1 aromatic carbocycles. The van der Waals surface area contributed by atoms with E-state index in [2.05, 4.69) is 22.5 Å². The summed E-state index contributed by atoms with van der Waals surface area (Å²) in [6, 6.07) is 5.31. The summed E-state index contributed by atoms with van der Waals surface area (Å²) in [5, 5.41) is 6.61. The summed E-state index contributed by atoms with van der Waals surface area (Å²) in [4.78, 5) is 4.23. The topological polar surface area (TPSA) is 36.4 Å². The van der Waals surface area contributed by atoms with E-state index in [0.717, 1.165) is 18.1 Å². The van der Waals surface area contributed by atoms with E-state index in [1.165, 1.54) is 18.6 Å². The lowest BCUT2D eigenvalue weighted by molar-refractivity contribution is 0.584. The first-order valence-electron chi connectivity index (χ1n) is 7.36. The van der Waals surface area contributed by atoms with Crippen LogP contribution in [0.4, 0.5) is 4.39 Å². The fourth-order valence-corrected chi connectivity index (χ4v) is 3.64. The molecule has 124 valence electrons. The van der Waals surface area contributed by atoms with Crippen molar-refractivity contribution >= 4 is 41.7 Å². The third kappa shape index (κ3) is 5.61. The summed E-state index contributed by atoms with van der Waals surface area (Å²) < 4.78 is 13.8. The van der Waals surface area contributed by atoms with Crippen molar-refractivity contribution < 1.29 is 4.39 Å². The number of nitrogens with one attached hydrogen (secondary N) is 2. The van der Waals surface area contributed by atoms with E-state index in [0.29, 0.717) is 16.9 Å². The summed E-state index contributed by atoms with van der Waals surface area (Å²) in [6.45, 7) is 5.54. The van der Waals surface area contributed by atoms with Gasteiger partial charge in [0.1, 0.15) is 5.82 Å². The van der Waals surface area contributed by atoms with Crippen LogP contribution in [0, 0.1) is 12.7 Å². The highest BCUT2D eigenvalue weighted by molar-refractivity contribution is 14.0. The van der Waals surface area contributed by atoms with Crippen LogP contribution in [0.25, 0.3) is 0 Å². The number of guanidine groups is 1.